The maximum absolute atomic E-state index is 14.0. The summed E-state index contributed by atoms with van der Waals surface area (Å²) < 4.78 is 20.8. The molecule has 3 rings (SSSR count). The minimum Gasteiger partial charge on any atom is -1.00 e. The summed E-state index contributed by atoms with van der Waals surface area (Å²) in [5.74, 6) is -2.35. The normalized spacial score (nSPS) is 10.5. The van der Waals surface area contributed by atoms with Crippen molar-refractivity contribution in [3.63, 3.8) is 0 Å². The number of benzene rings is 1. The van der Waals surface area contributed by atoms with E-state index in [4.69, 9.17) is 16.1 Å². The van der Waals surface area contributed by atoms with Gasteiger partial charge < -0.3 is 26.0 Å². The van der Waals surface area contributed by atoms with E-state index in [9.17, 15) is 24.2 Å². The molecule has 2 heterocycles. The van der Waals surface area contributed by atoms with Gasteiger partial charge in [0.15, 0.2) is 5.76 Å². The zero-order valence-corrected chi connectivity index (χ0v) is 20.2. The summed E-state index contributed by atoms with van der Waals surface area (Å²) in [5.41, 5.74) is 0.301. The van der Waals surface area contributed by atoms with Gasteiger partial charge in [-0.1, -0.05) is 16.8 Å². The van der Waals surface area contributed by atoms with E-state index in [0.717, 1.165) is 6.07 Å². The molecule has 2 aromatic heterocycles. The number of aromatic nitrogens is 2. The number of hydrogen-bond donors (Lipinski definition) is 3. The van der Waals surface area contributed by atoms with Crippen LogP contribution in [0.15, 0.2) is 35.1 Å². The van der Waals surface area contributed by atoms with Crippen LogP contribution < -0.4 is 56.7 Å². The van der Waals surface area contributed by atoms with Crippen molar-refractivity contribution in [3.8, 4) is 17.0 Å². The number of hydrogen-bond acceptors (Lipinski definition) is 5. The number of anilines is 1. The van der Waals surface area contributed by atoms with E-state index in [1.165, 1.54) is 24.5 Å². The number of amides is 1. The van der Waals surface area contributed by atoms with Gasteiger partial charge in [-0.2, -0.15) is 0 Å². The second kappa shape index (κ2) is 10.6. The van der Waals surface area contributed by atoms with E-state index >= 15 is 0 Å². The molecule has 0 atom stereocenters. The third-order valence-corrected chi connectivity index (χ3v) is 4.63. The first-order valence-corrected chi connectivity index (χ1v) is 9.03. The molecule has 11 heteroatoms. The summed E-state index contributed by atoms with van der Waals surface area (Å²) in [7, 11) is 0. The van der Waals surface area contributed by atoms with Crippen molar-refractivity contribution in [3.05, 3.63) is 52.8 Å². The van der Waals surface area contributed by atoms with Gasteiger partial charge in [0.2, 0.25) is 5.91 Å². The van der Waals surface area contributed by atoms with Gasteiger partial charge in [-0.15, -0.1) is 0 Å². The number of nitrogens with one attached hydrogen (secondary N) is 1. The first-order chi connectivity index (χ1) is 13.8. The van der Waals surface area contributed by atoms with Crippen molar-refractivity contribution in [1.82, 2.24) is 9.72 Å². The number of carboxylic acids is 1. The number of aromatic carboxylic acids is 1. The number of carbonyl (C=O) groups excluding carboxylic acids is 1. The Labute approximate surface area is 219 Å². The predicted octanol–water partition coefficient (Wildman–Crippen LogP) is 1.05. The van der Waals surface area contributed by atoms with E-state index in [0.29, 0.717) is 6.54 Å². The zero-order chi connectivity index (χ0) is 21.1. The van der Waals surface area contributed by atoms with E-state index in [-0.39, 0.29) is 105 Å². The molecule has 0 aliphatic rings. The number of phenolic OH excluding ortho intramolecular Hbond substituents is 1. The Kier molecular flexibility index (Phi) is 8.65. The first kappa shape index (κ1) is 24.6. The molecule has 0 fully saturated rings. The molecule has 8 nitrogen and oxygen atoms in total. The van der Waals surface area contributed by atoms with Crippen LogP contribution in [-0.4, -0.2) is 31.8 Å². The third kappa shape index (κ3) is 5.51. The van der Waals surface area contributed by atoms with Gasteiger partial charge in [-0.05, 0) is 19.1 Å². The van der Waals surface area contributed by atoms with Gasteiger partial charge in [0, 0.05) is 43.4 Å². The number of rotatable bonds is 7. The molecular formula is C19H18ClFKN3O5. The van der Waals surface area contributed by atoms with Crippen LogP contribution in [-0.2, 0) is 17.8 Å². The molecule has 3 aromatic rings. The van der Waals surface area contributed by atoms with Gasteiger partial charge in [-0.3, -0.25) is 4.79 Å². The summed E-state index contributed by atoms with van der Waals surface area (Å²) in [4.78, 5) is 23.5. The van der Waals surface area contributed by atoms with E-state index in [2.05, 4.69) is 10.5 Å². The molecule has 0 aliphatic carbocycles. The Bertz CT molecular complexity index is 1090. The minimum absolute atomic E-state index is 0. The number of nitrogens with zero attached hydrogens (tertiary/aromatic N) is 2. The summed E-state index contributed by atoms with van der Waals surface area (Å²) in [6.07, 6.45) is 3.00. The summed E-state index contributed by atoms with van der Waals surface area (Å²) in [6.45, 7) is 2.40. The number of carboxylic acid groups (broad SMARTS) is 1. The Morgan fingerprint density at radius 1 is 1.37 bits per heavy atom. The Morgan fingerprint density at radius 2 is 2.10 bits per heavy atom. The van der Waals surface area contributed by atoms with Crippen LogP contribution in [0.3, 0.4) is 0 Å². The first-order valence-electron chi connectivity index (χ1n) is 8.66. The van der Waals surface area contributed by atoms with Crippen molar-refractivity contribution in [2.45, 2.75) is 26.3 Å². The Morgan fingerprint density at radius 3 is 2.73 bits per heavy atom. The molecule has 1 aromatic carbocycles. The predicted molar refractivity (Wildman–Crippen MR) is 104 cm³/mol. The Hall–Kier alpha value is -1.69. The van der Waals surface area contributed by atoms with Crippen LogP contribution in [0.1, 0.15) is 30.9 Å². The van der Waals surface area contributed by atoms with Crippen LogP contribution in [0.4, 0.5) is 10.1 Å². The van der Waals surface area contributed by atoms with Crippen LogP contribution in [0.25, 0.3) is 11.3 Å². The standard InChI is InChI=1S/C19H17ClFN3O5.K.H/c1-2-24-8-12(19(27)28)14(9-24)22-16(26)6-5-15-17(20)18(23-29-15)11-4-3-10(25)7-13(11)21;;/h3-4,7-9,25H,2,5-6H2,1H3,(H,22,26)(H,27,28);;/q;+1;-1. The molecule has 0 saturated carbocycles. The van der Waals surface area contributed by atoms with Gasteiger partial charge in [0.25, 0.3) is 0 Å². The van der Waals surface area contributed by atoms with Crippen molar-refractivity contribution < 1.29 is 81.5 Å². The molecule has 30 heavy (non-hydrogen) atoms. The molecule has 0 radical (unpaired) electrons. The monoisotopic (exact) mass is 461 g/mol. The van der Waals surface area contributed by atoms with Crippen molar-refractivity contribution >= 4 is 29.2 Å². The maximum Gasteiger partial charge on any atom is 1.00 e. The molecule has 0 bridgehead atoms. The van der Waals surface area contributed by atoms with Crippen molar-refractivity contribution in [2.75, 3.05) is 5.32 Å². The van der Waals surface area contributed by atoms with Crippen LogP contribution in [0, 0.1) is 5.82 Å². The van der Waals surface area contributed by atoms with Crippen molar-refractivity contribution in [2.24, 2.45) is 0 Å². The molecular weight excluding hydrogens is 444 g/mol. The third-order valence-electron chi connectivity index (χ3n) is 4.24. The van der Waals surface area contributed by atoms with E-state index < -0.39 is 17.7 Å². The fraction of sp³-hybridized carbons (Fsp3) is 0.211. The molecule has 0 aliphatic heterocycles. The number of phenols is 1. The van der Waals surface area contributed by atoms with Crippen LogP contribution >= 0.6 is 11.6 Å². The zero-order valence-electron chi connectivity index (χ0n) is 17.3. The number of halogens is 2. The Balaban J connectivity index is 0.00000240. The molecule has 0 unspecified atom stereocenters. The number of aryl methyl sites for hydroxylation is 2. The van der Waals surface area contributed by atoms with E-state index in [1.807, 2.05) is 6.92 Å². The number of carbonyl (C=O) groups is 2. The summed E-state index contributed by atoms with van der Waals surface area (Å²) in [5, 5.41) is 24.9. The van der Waals surface area contributed by atoms with E-state index in [1.54, 1.807) is 4.57 Å². The van der Waals surface area contributed by atoms with Crippen LogP contribution in [0.2, 0.25) is 5.02 Å². The van der Waals surface area contributed by atoms with Gasteiger partial charge in [0.1, 0.15) is 27.8 Å². The molecule has 154 valence electrons. The molecule has 3 N–H and O–H groups in total. The SMILES string of the molecule is CCn1cc(NC(=O)CCc2onc(-c3ccc(O)cc3F)c2Cl)c(C(=O)O)c1.[H-].[K+]. The van der Waals surface area contributed by atoms with Gasteiger partial charge in [0.05, 0.1) is 5.69 Å². The fourth-order valence-electron chi connectivity index (χ4n) is 2.73. The fourth-order valence-corrected chi connectivity index (χ4v) is 3.00. The average molecular weight is 462 g/mol. The average Bonchev–Trinajstić information content (AvgIpc) is 3.24. The molecule has 0 spiro atoms. The molecule has 1 amide bonds. The van der Waals surface area contributed by atoms with Gasteiger partial charge >= 0.3 is 57.4 Å². The maximum atomic E-state index is 14.0. The molecule has 0 saturated heterocycles. The largest absolute Gasteiger partial charge is 1.00 e. The van der Waals surface area contributed by atoms with Crippen LogP contribution in [0.5, 0.6) is 5.75 Å². The summed E-state index contributed by atoms with van der Waals surface area (Å²) in [6, 6.07) is 3.53. The second-order valence-electron chi connectivity index (χ2n) is 6.20. The van der Waals surface area contributed by atoms with Crippen molar-refractivity contribution in [1.29, 1.82) is 0 Å². The summed E-state index contributed by atoms with van der Waals surface area (Å²) >= 11 is 6.21. The minimum atomic E-state index is -1.15. The van der Waals surface area contributed by atoms with Gasteiger partial charge in [-0.25, -0.2) is 9.18 Å². The smallest absolute Gasteiger partial charge is 1.00 e. The topological polar surface area (TPSA) is 118 Å². The number of aromatic hydroxyl groups is 1. The second-order valence-corrected chi connectivity index (χ2v) is 6.58. The quantitative estimate of drug-likeness (QED) is 0.453.